The monoisotopic (exact) mass is 201 g/mol. The molecule has 2 rings (SSSR count). The lowest BCUT2D eigenvalue weighted by atomic mass is 10.0. The van der Waals surface area contributed by atoms with E-state index in [4.69, 9.17) is 0 Å². The van der Waals surface area contributed by atoms with Gasteiger partial charge >= 0.3 is 0 Å². The highest BCUT2D eigenvalue weighted by molar-refractivity contribution is 5.63. The van der Waals surface area contributed by atoms with E-state index in [1.165, 1.54) is 23.9 Å². The summed E-state index contributed by atoms with van der Waals surface area (Å²) in [5.41, 5.74) is 3.99. The van der Waals surface area contributed by atoms with Crippen LogP contribution in [0.25, 0.3) is 11.3 Å². The Morgan fingerprint density at radius 2 is 1.87 bits per heavy atom. The standard InChI is InChI=1S/C13H12FN/c1-9-3-4-12(10(2)7-9)13-8-11(14)5-6-15-13/h3-8H,1-2H3. The molecule has 15 heavy (non-hydrogen) atoms. The molecule has 2 aromatic rings. The number of pyridine rings is 1. The van der Waals surface area contributed by atoms with Gasteiger partial charge in [-0.25, -0.2) is 4.39 Å². The number of nitrogens with zero attached hydrogens (tertiary/aromatic N) is 1. The second-order valence-corrected chi connectivity index (χ2v) is 3.68. The van der Waals surface area contributed by atoms with Gasteiger partial charge in [0.15, 0.2) is 0 Å². The molecular weight excluding hydrogens is 189 g/mol. The molecule has 0 atom stereocenters. The number of aryl methyl sites for hydroxylation is 2. The second-order valence-electron chi connectivity index (χ2n) is 3.68. The van der Waals surface area contributed by atoms with Crippen molar-refractivity contribution in [3.8, 4) is 11.3 Å². The molecule has 0 spiro atoms. The first-order chi connectivity index (χ1) is 7.16. The molecule has 76 valence electrons. The Bertz CT molecular complexity index is 492. The molecule has 1 aromatic carbocycles. The zero-order valence-corrected chi connectivity index (χ0v) is 8.79. The van der Waals surface area contributed by atoms with Crippen LogP contribution in [0, 0.1) is 19.7 Å². The van der Waals surface area contributed by atoms with Crippen molar-refractivity contribution in [3.63, 3.8) is 0 Å². The summed E-state index contributed by atoms with van der Waals surface area (Å²) >= 11 is 0. The lowest BCUT2D eigenvalue weighted by molar-refractivity contribution is 0.626. The minimum absolute atomic E-state index is 0.250. The largest absolute Gasteiger partial charge is 0.256 e. The Morgan fingerprint density at radius 1 is 1.07 bits per heavy atom. The lowest BCUT2D eigenvalue weighted by Crippen LogP contribution is -1.88. The van der Waals surface area contributed by atoms with E-state index in [1.807, 2.05) is 26.0 Å². The van der Waals surface area contributed by atoms with Gasteiger partial charge in [-0.1, -0.05) is 23.8 Å². The Kier molecular flexibility index (Phi) is 2.50. The summed E-state index contributed by atoms with van der Waals surface area (Å²) in [6.45, 7) is 4.05. The summed E-state index contributed by atoms with van der Waals surface area (Å²) in [5.74, 6) is -0.250. The van der Waals surface area contributed by atoms with Crippen molar-refractivity contribution in [3.05, 3.63) is 53.5 Å². The number of halogens is 1. The van der Waals surface area contributed by atoms with Crippen molar-refractivity contribution >= 4 is 0 Å². The minimum Gasteiger partial charge on any atom is -0.256 e. The number of benzene rings is 1. The van der Waals surface area contributed by atoms with E-state index in [2.05, 4.69) is 11.1 Å². The van der Waals surface area contributed by atoms with Crippen LogP contribution < -0.4 is 0 Å². The number of aromatic nitrogens is 1. The molecule has 1 aromatic heterocycles. The van der Waals surface area contributed by atoms with Crippen molar-refractivity contribution < 1.29 is 4.39 Å². The first-order valence-electron chi connectivity index (χ1n) is 4.86. The smallest absolute Gasteiger partial charge is 0.126 e. The molecule has 0 aliphatic rings. The Labute approximate surface area is 88.6 Å². The zero-order valence-electron chi connectivity index (χ0n) is 8.79. The average Bonchev–Trinajstić information content (AvgIpc) is 2.17. The molecule has 0 amide bonds. The fourth-order valence-electron chi connectivity index (χ4n) is 1.65. The SMILES string of the molecule is Cc1ccc(-c2cc(F)ccn2)c(C)c1. The summed E-state index contributed by atoms with van der Waals surface area (Å²) < 4.78 is 13.0. The molecule has 0 N–H and O–H groups in total. The fourth-order valence-corrected chi connectivity index (χ4v) is 1.65. The summed E-state index contributed by atoms with van der Waals surface area (Å²) in [6.07, 6.45) is 1.49. The predicted octanol–water partition coefficient (Wildman–Crippen LogP) is 3.50. The van der Waals surface area contributed by atoms with E-state index in [0.717, 1.165) is 11.1 Å². The maximum atomic E-state index is 13.0. The van der Waals surface area contributed by atoms with Gasteiger partial charge in [-0.05, 0) is 25.5 Å². The van der Waals surface area contributed by atoms with Gasteiger partial charge in [-0.2, -0.15) is 0 Å². The molecule has 0 fully saturated rings. The molecule has 2 heteroatoms. The van der Waals surface area contributed by atoms with Crippen LogP contribution >= 0.6 is 0 Å². The molecule has 0 radical (unpaired) electrons. The summed E-state index contributed by atoms with van der Waals surface area (Å²) in [5, 5.41) is 0. The zero-order chi connectivity index (χ0) is 10.8. The third-order valence-electron chi connectivity index (χ3n) is 2.38. The van der Waals surface area contributed by atoms with E-state index in [-0.39, 0.29) is 5.82 Å². The van der Waals surface area contributed by atoms with Gasteiger partial charge < -0.3 is 0 Å². The third kappa shape index (κ3) is 2.04. The third-order valence-corrected chi connectivity index (χ3v) is 2.38. The summed E-state index contributed by atoms with van der Waals surface area (Å²) in [4.78, 5) is 4.16. The predicted molar refractivity (Wildman–Crippen MR) is 59.1 cm³/mol. The van der Waals surface area contributed by atoms with Gasteiger partial charge in [0.05, 0.1) is 5.69 Å². The Morgan fingerprint density at radius 3 is 2.53 bits per heavy atom. The first kappa shape index (κ1) is 9.84. The number of hydrogen-bond donors (Lipinski definition) is 0. The summed E-state index contributed by atoms with van der Waals surface area (Å²) in [7, 11) is 0. The molecule has 1 nitrogen and oxygen atoms in total. The van der Waals surface area contributed by atoms with Crippen LogP contribution in [0.15, 0.2) is 36.5 Å². The van der Waals surface area contributed by atoms with Crippen molar-refractivity contribution in [2.75, 3.05) is 0 Å². The van der Waals surface area contributed by atoms with Crippen molar-refractivity contribution in [1.29, 1.82) is 0 Å². The van der Waals surface area contributed by atoms with E-state index >= 15 is 0 Å². The molecule has 0 saturated heterocycles. The maximum Gasteiger partial charge on any atom is 0.126 e. The van der Waals surface area contributed by atoms with Crippen LogP contribution in [0.3, 0.4) is 0 Å². The van der Waals surface area contributed by atoms with Gasteiger partial charge in [-0.15, -0.1) is 0 Å². The van der Waals surface area contributed by atoms with Crippen LogP contribution in [0.1, 0.15) is 11.1 Å². The minimum atomic E-state index is -0.250. The van der Waals surface area contributed by atoms with Gasteiger partial charge in [0.1, 0.15) is 5.82 Å². The quantitative estimate of drug-likeness (QED) is 0.688. The Hall–Kier alpha value is -1.70. The van der Waals surface area contributed by atoms with Crippen LogP contribution in [0.4, 0.5) is 4.39 Å². The van der Waals surface area contributed by atoms with Crippen molar-refractivity contribution in [1.82, 2.24) is 4.98 Å². The van der Waals surface area contributed by atoms with Crippen molar-refractivity contribution in [2.24, 2.45) is 0 Å². The molecule has 0 aliphatic heterocycles. The normalized spacial score (nSPS) is 10.3. The highest BCUT2D eigenvalue weighted by atomic mass is 19.1. The van der Waals surface area contributed by atoms with Gasteiger partial charge in [0.25, 0.3) is 0 Å². The highest BCUT2D eigenvalue weighted by Gasteiger charge is 2.03. The Balaban J connectivity index is 2.54. The average molecular weight is 201 g/mol. The maximum absolute atomic E-state index is 13.0. The van der Waals surface area contributed by atoms with Crippen molar-refractivity contribution in [2.45, 2.75) is 13.8 Å². The topological polar surface area (TPSA) is 12.9 Å². The molecule has 0 saturated carbocycles. The molecule has 1 heterocycles. The van der Waals surface area contributed by atoms with E-state index in [1.54, 1.807) is 0 Å². The van der Waals surface area contributed by atoms with Gasteiger partial charge in [0.2, 0.25) is 0 Å². The van der Waals surface area contributed by atoms with E-state index in [9.17, 15) is 4.39 Å². The first-order valence-corrected chi connectivity index (χ1v) is 4.86. The highest BCUT2D eigenvalue weighted by Crippen LogP contribution is 2.22. The van der Waals surface area contributed by atoms with Crippen LogP contribution in [-0.2, 0) is 0 Å². The molecule has 0 bridgehead atoms. The molecular formula is C13H12FN. The van der Waals surface area contributed by atoms with Crippen LogP contribution in [0.5, 0.6) is 0 Å². The molecule has 0 aliphatic carbocycles. The number of hydrogen-bond acceptors (Lipinski definition) is 1. The van der Waals surface area contributed by atoms with E-state index < -0.39 is 0 Å². The van der Waals surface area contributed by atoms with Gasteiger partial charge in [0, 0.05) is 17.8 Å². The lowest BCUT2D eigenvalue weighted by Gasteiger charge is -2.05. The van der Waals surface area contributed by atoms with E-state index in [0.29, 0.717) is 5.69 Å². The fraction of sp³-hybridized carbons (Fsp3) is 0.154. The number of rotatable bonds is 1. The second kappa shape index (κ2) is 3.81. The van der Waals surface area contributed by atoms with Gasteiger partial charge in [-0.3, -0.25) is 4.98 Å². The van der Waals surface area contributed by atoms with Crippen LogP contribution in [0.2, 0.25) is 0 Å². The van der Waals surface area contributed by atoms with Crippen LogP contribution in [-0.4, -0.2) is 4.98 Å². The summed E-state index contributed by atoms with van der Waals surface area (Å²) in [6, 6.07) is 8.87. The molecule has 0 unspecified atom stereocenters.